The molecule has 21 heteroatoms. The van der Waals surface area contributed by atoms with Gasteiger partial charge in [-0.05, 0) is 49.6 Å². The van der Waals surface area contributed by atoms with Gasteiger partial charge >= 0.3 is 11.9 Å². The van der Waals surface area contributed by atoms with Crippen LogP contribution in [-0.2, 0) is 51.3 Å². The summed E-state index contributed by atoms with van der Waals surface area (Å²) in [6, 6.07) is 19.4. The Morgan fingerprint density at radius 1 is 0.818 bits per heavy atom. The Balaban J connectivity index is 0.918. The first-order valence-corrected chi connectivity index (χ1v) is 21.3. The van der Waals surface area contributed by atoms with Gasteiger partial charge in [0, 0.05) is 50.5 Å². The van der Waals surface area contributed by atoms with E-state index in [1.807, 2.05) is 62.4 Å². The summed E-state index contributed by atoms with van der Waals surface area (Å²) in [7, 11) is 0. The van der Waals surface area contributed by atoms with Gasteiger partial charge in [-0.2, -0.15) is 15.0 Å². The summed E-state index contributed by atoms with van der Waals surface area (Å²) in [6.07, 6.45) is -9.26. The number of aliphatic carboxylic acids is 1. The fourth-order valence-corrected chi connectivity index (χ4v) is 7.13. The zero-order valence-electron chi connectivity index (χ0n) is 36.5. The molecule has 21 nitrogen and oxygen atoms in total. The fraction of sp³-hybridized carbons (Fsp3) is 0.422. The van der Waals surface area contributed by atoms with E-state index >= 15 is 0 Å². The molecular weight excluding hydrogens is 863 g/mol. The van der Waals surface area contributed by atoms with Crippen molar-refractivity contribution in [2.24, 2.45) is 0 Å². The molecule has 0 bridgehead atoms. The summed E-state index contributed by atoms with van der Waals surface area (Å²) < 4.78 is 21.2. The topological polar surface area (TPSA) is 290 Å². The third-order valence-corrected chi connectivity index (χ3v) is 10.6. The molecule has 4 amide bonds. The highest BCUT2D eigenvalue weighted by molar-refractivity contribution is 6.00. The first kappa shape index (κ1) is 48.7. The van der Waals surface area contributed by atoms with Gasteiger partial charge in [0.1, 0.15) is 48.7 Å². The Labute approximate surface area is 379 Å². The van der Waals surface area contributed by atoms with Crippen molar-refractivity contribution in [3.05, 3.63) is 83.4 Å². The fourth-order valence-electron chi connectivity index (χ4n) is 7.13. The number of para-hydroxylation sites is 1. The van der Waals surface area contributed by atoms with E-state index in [2.05, 4.69) is 16.0 Å². The van der Waals surface area contributed by atoms with E-state index in [1.54, 1.807) is 9.70 Å². The van der Waals surface area contributed by atoms with E-state index in [1.165, 1.54) is 25.1 Å². The van der Waals surface area contributed by atoms with Gasteiger partial charge in [-0.3, -0.25) is 24.0 Å². The maximum absolute atomic E-state index is 13.8. The minimum Gasteiger partial charge on any atom is -0.479 e. The number of carboxylic acid groups (broad SMARTS) is 1. The molecule has 2 aliphatic rings. The number of rotatable bonds is 19. The number of nitrogens with zero attached hydrogens (tertiary/aromatic N) is 4. The lowest BCUT2D eigenvalue weighted by Gasteiger charge is -2.38. The summed E-state index contributed by atoms with van der Waals surface area (Å²) in [4.78, 5) is 78.4. The Morgan fingerprint density at radius 2 is 1.50 bits per heavy atom. The van der Waals surface area contributed by atoms with Gasteiger partial charge in [-0.25, -0.2) is 4.79 Å². The number of carbonyl (C=O) groups is 6. The number of esters is 1. The van der Waals surface area contributed by atoms with Crippen LogP contribution in [0, 0.1) is 0 Å². The van der Waals surface area contributed by atoms with Crippen LogP contribution in [-0.4, -0.2) is 135 Å². The van der Waals surface area contributed by atoms with Crippen LogP contribution in [0.4, 0.5) is 5.69 Å². The Morgan fingerprint density at radius 3 is 2.23 bits per heavy atom. The standard InChI is InChI=1S/C45H53N7O14/c1-25(2)52-49-37-29-10-5-4-9-28(29)22-51(32-12-7-6-11-30(32)38(37)50-52)36(56)15-19-47-35(55)24-63-20-16-34(54)46-17-8-18-48-43(60)31-21-27(23-64-26(3)53)13-14-33(31)65-45-41(59)39(57)40(58)42(66-45)44(61)62/h4-7,9-14,21,25,39-42,45,57-59H,8,15-20,22-24H2,1-3H3,(H,46,54)(H,47,55)(H,48,60)(H,61,62)/t39-,40-,41+,42-,45+/m0/s1. The zero-order valence-corrected chi connectivity index (χ0v) is 36.5. The molecule has 1 saturated heterocycles. The molecular formula is C45H53N7O14. The smallest absolute Gasteiger partial charge is 0.335 e. The summed E-state index contributed by atoms with van der Waals surface area (Å²) >= 11 is 0. The van der Waals surface area contributed by atoms with Gasteiger partial charge in [0.05, 0.1) is 30.4 Å². The van der Waals surface area contributed by atoms with Crippen molar-refractivity contribution in [3.63, 3.8) is 0 Å². The Kier molecular flexibility index (Phi) is 16.5. The first-order valence-electron chi connectivity index (χ1n) is 21.3. The molecule has 3 heterocycles. The van der Waals surface area contributed by atoms with Gasteiger partial charge in [0.25, 0.3) is 5.91 Å². The number of carboxylic acids is 1. The summed E-state index contributed by atoms with van der Waals surface area (Å²) in [5.41, 5.74) is 4.94. The van der Waals surface area contributed by atoms with E-state index in [4.69, 9.17) is 29.1 Å². The van der Waals surface area contributed by atoms with Gasteiger partial charge in [0.15, 0.2) is 6.10 Å². The zero-order chi connectivity index (χ0) is 47.5. The van der Waals surface area contributed by atoms with Crippen LogP contribution in [0.15, 0.2) is 66.7 Å². The maximum atomic E-state index is 13.8. The number of amides is 4. The quantitative estimate of drug-likeness (QED) is 0.0514. The molecule has 0 saturated carbocycles. The lowest BCUT2D eigenvalue weighted by atomic mass is 9.96. The van der Waals surface area contributed by atoms with Crippen LogP contribution in [0.2, 0.25) is 0 Å². The van der Waals surface area contributed by atoms with E-state index in [-0.39, 0.29) is 87.9 Å². The molecule has 0 aliphatic carbocycles. The number of aliphatic hydroxyl groups is 3. The molecule has 1 fully saturated rings. The minimum atomic E-state index is -1.95. The third kappa shape index (κ3) is 12.1. The number of ether oxygens (including phenoxy) is 4. The summed E-state index contributed by atoms with van der Waals surface area (Å²) in [5.74, 6) is -4.08. The molecule has 3 aromatic carbocycles. The molecule has 5 atom stereocenters. The molecule has 0 radical (unpaired) electrons. The van der Waals surface area contributed by atoms with E-state index in [9.17, 15) is 49.2 Å². The molecule has 0 spiro atoms. The number of aromatic nitrogens is 3. The van der Waals surface area contributed by atoms with E-state index in [0.717, 1.165) is 22.4 Å². The number of anilines is 1. The molecule has 0 unspecified atom stereocenters. The number of fused-ring (bicyclic) bond motifs is 5. The highest BCUT2D eigenvalue weighted by atomic mass is 16.7. The summed E-state index contributed by atoms with van der Waals surface area (Å²) in [6.45, 7) is 5.21. The van der Waals surface area contributed by atoms with Crippen molar-refractivity contribution in [2.45, 2.75) is 89.9 Å². The SMILES string of the molecule is CC(=O)OCc1ccc(O[C@@H]2O[C@H](C(=O)O)[C@@H](O)[C@H](O)[C@H]2O)c(C(=O)NCCCNC(=O)CCOCC(=O)NCCC(=O)N2Cc3ccccc3-c3nn(C(C)C)nc3-c3ccccc32)c1. The van der Waals surface area contributed by atoms with Crippen molar-refractivity contribution < 1.29 is 68.1 Å². The highest BCUT2D eigenvalue weighted by Crippen LogP contribution is 2.40. The van der Waals surface area contributed by atoms with Crippen molar-refractivity contribution in [1.82, 2.24) is 30.9 Å². The van der Waals surface area contributed by atoms with Gasteiger partial charge in [-0.1, -0.05) is 48.5 Å². The number of aliphatic hydroxyl groups excluding tert-OH is 3. The van der Waals surface area contributed by atoms with Crippen LogP contribution in [0.25, 0.3) is 22.5 Å². The number of benzene rings is 3. The lowest BCUT2D eigenvalue weighted by molar-refractivity contribution is -0.271. The second-order valence-electron chi connectivity index (χ2n) is 15.8. The number of nitrogens with one attached hydrogen (secondary N) is 3. The Hall–Kier alpha value is -6.78. The molecule has 4 aromatic rings. The average molecular weight is 916 g/mol. The van der Waals surface area contributed by atoms with Crippen LogP contribution in [0.5, 0.6) is 5.75 Å². The molecule has 6 rings (SSSR count). The average Bonchev–Trinajstić information content (AvgIpc) is 3.74. The predicted molar refractivity (Wildman–Crippen MR) is 232 cm³/mol. The van der Waals surface area contributed by atoms with Gasteiger partial charge in [-0.15, -0.1) is 0 Å². The van der Waals surface area contributed by atoms with E-state index in [0.29, 0.717) is 23.5 Å². The van der Waals surface area contributed by atoms with Crippen LogP contribution >= 0.6 is 0 Å². The van der Waals surface area contributed by atoms with Crippen LogP contribution in [0.1, 0.15) is 67.6 Å². The molecule has 352 valence electrons. The largest absolute Gasteiger partial charge is 0.479 e. The summed E-state index contributed by atoms with van der Waals surface area (Å²) in [5, 5.41) is 57.7. The van der Waals surface area contributed by atoms with Crippen LogP contribution < -0.4 is 25.6 Å². The van der Waals surface area contributed by atoms with Crippen molar-refractivity contribution in [2.75, 3.05) is 37.7 Å². The monoisotopic (exact) mass is 915 g/mol. The molecule has 2 aliphatic heterocycles. The first-order chi connectivity index (χ1) is 31.6. The highest BCUT2D eigenvalue weighted by Gasteiger charge is 2.48. The molecule has 7 N–H and O–H groups in total. The van der Waals surface area contributed by atoms with E-state index < -0.39 is 54.5 Å². The third-order valence-electron chi connectivity index (χ3n) is 10.6. The van der Waals surface area contributed by atoms with Gasteiger partial charge < -0.3 is 60.2 Å². The molecule has 1 aromatic heterocycles. The second kappa shape index (κ2) is 22.4. The van der Waals surface area contributed by atoms with Gasteiger partial charge in [0.2, 0.25) is 24.0 Å². The predicted octanol–water partition coefficient (Wildman–Crippen LogP) is 1.22. The number of carbonyl (C=O) groups excluding carboxylic acids is 5. The van der Waals surface area contributed by atoms with Crippen molar-refractivity contribution in [1.29, 1.82) is 0 Å². The molecule has 66 heavy (non-hydrogen) atoms. The number of hydrogen-bond acceptors (Lipinski definition) is 15. The van der Waals surface area contributed by atoms with Crippen molar-refractivity contribution in [3.8, 4) is 28.3 Å². The second-order valence-corrected chi connectivity index (χ2v) is 15.8. The van der Waals surface area contributed by atoms with Crippen molar-refractivity contribution >= 4 is 41.3 Å². The minimum absolute atomic E-state index is 0.0133. The van der Waals surface area contributed by atoms with Crippen LogP contribution in [0.3, 0.4) is 0 Å². The lowest BCUT2D eigenvalue weighted by Crippen LogP contribution is -2.61. The Bertz CT molecular complexity index is 2410. The number of hydrogen-bond donors (Lipinski definition) is 7. The maximum Gasteiger partial charge on any atom is 0.335 e. The normalized spacial score (nSPS) is 18.7.